The van der Waals surface area contributed by atoms with Gasteiger partial charge in [-0.25, -0.2) is 9.78 Å². The van der Waals surface area contributed by atoms with E-state index in [1.165, 1.54) is 11.1 Å². The Labute approximate surface area is 165 Å². The quantitative estimate of drug-likeness (QED) is 0.815. The molecule has 1 saturated heterocycles. The Hall–Kier alpha value is -2.83. The van der Waals surface area contributed by atoms with Gasteiger partial charge in [0.1, 0.15) is 5.82 Å². The molecule has 1 aromatic heterocycles. The number of fused-ring (bicyclic) bond motifs is 1. The summed E-state index contributed by atoms with van der Waals surface area (Å²) < 4.78 is 5.10. The summed E-state index contributed by atoms with van der Waals surface area (Å²) in [4.78, 5) is 27.7. The Bertz CT molecular complexity index is 848. The highest BCUT2D eigenvalue weighted by atomic mass is 16.6. The molecule has 148 valence electrons. The number of hydrogen-bond acceptors (Lipinski definition) is 6. The predicted molar refractivity (Wildman–Crippen MR) is 109 cm³/mol. The van der Waals surface area contributed by atoms with Crippen molar-refractivity contribution in [1.82, 2.24) is 14.9 Å². The number of ether oxygens (including phenoxy) is 1. The van der Waals surface area contributed by atoms with Crippen LogP contribution in [-0.2, 0) is 17.7 Å². The van der Waals surface area contributed by atoms with Gasteiger partial charge in [0.2, 0.25) is 5.95 Å². The van der Waals surface area contributed by atoms with Crippen LogP contribution in [0.3, 0.4) is 0 Å². The van der Waals surface area contributed by atoms with Crippen LogP contribution in [0.25, 0.3) is 0 Å². The summed E-state index contributed by atoms with van der Waals surface area (Å²) in [7, 11) is 0. The van der Waals surface area contributed by atoms with E-state index in [1.54, 1.807) is 4.90 Å². The van der Waals surface area contributed by atoms with Gasteiger partial charge in [0.05, 0.1) is 6.61 Å². The minimum absolute atomic E-state index is 0.228. The van der Waals surface area contributed by atoms with Crippen molar-refractivity contribution in [1.29, 1.82) is 0 Å². The van der Waals surface area contributed by atoms with Gasteiger partial charge in [-0.1, -0.05) is 24.3 Å². The number of rotatable bonds is 3. The number of benzene rings is 1. The molecule has 0 N–H and O–H groups in total. The van der Waals surface area contributed by atoms with E-state index in [9.17, 15) is 4.79 Å². The minimum atomic E-state index is -0.228. The average molecular weight is 381 g/mol. The lowest BCUT2D eigenvalue weighted by atomic mass is 10.0. The van der Waals surface area contributed by atoms with Crippen molar-refractivity contribution in [2.45, 2.75) is 26.8 Å². The van der Waals surface area contributed by atoms with E-state index >= 15 is 0 Å². The van der Waals surface area contributed by atoms with Crippen LogP contribution >= 0.6 is 0 Å². The van der Waals surface area contributed by atoms with E-state index in [-0.39, 0.29) is 6.09 Å². The number of carbonyl (C=O) groups is 1. The molecule has 2 aliphatic heterocycles. The molecule has 4 rings (SSSR count). The van der Waals surface area contributed by atoms with Crippen LogP contribution in [0.2, 0.25) is 0 Å². The van der Waals surface area contributed by atoms with E-state index in [4.69, 9.17) is 14.7 Å². The number of aryl methyl sites for hydroxylation is 1. The molecule has 1 fully saturated rings. The van der Waals surface area contributed by atoms with Gasteiger partial charge in [0.25, 0.3) is 0 Å². The van der Waals surface area contributed by atoms with E-state index in [0.717, 1.165) is 50.1 Å². The molecule has 7 nitrogen and oxygen atoms in total. The fraction of sp³-hybridized carbons (Fsp3) is 0.476. The molecule has 0 atom stereocenters. The minimum Gasteiger partial charge on any atom is -0.450 e. The summed E-state index contributed by atoms with van der Waals surface area (Å²) in [5.41, 5.74) is 3.73. The molecule has 0 bridgehead atoms. The summed E-state index contributed by atoms with van der Waals surface area (Å²) >= 11 is 0. The monoisotopic (exact) mass is 381 g/mol. The number of carbonyl (C=O) groups excluding carboxylic acids is 1. The van der Waals surface area contributed by atoms with Gasteiger partial charge in [-0.3, -0.25) is 0 Å². The van der Waals surface area contributed by atoms with Gasteiger partial charge >= 0.3 is 6.09 Å². The maximum absolute atomic E-state index is 11.9. The van der Waals surface area contributed by atoms with Gasteiger partial charge < -0.3 is 19.4 Å². The first kappa shape index (κ1) is 18.5. The SMILES string of the molecule is CCOC(=O)N1CCN(c2cc(C)nc(N3CCc4ccccc4C3)n2)CC1. The highest BCUT2D eigenvalue weighted by Crippen LogP contribution is 2.24. The van der Waals surface area contributed by atoms with Gasteiger partial charge in [0, 0.05) is 51.0 Å². The first-order valence-corrected chi connectivity index (χ1v) is 9.98. The van der Waals surface area contributed by atoms with Gasteiger partial charge in [-0.2, -0.15) is 4.98 Å². The molecular weight excluding hydrogens is 354 g/mol. The van der Waals surface area contributed by atoms with Crippen LogP contribution in [0.5, 0.6) is 0 Å². The van der Waals surface area contributed by atoms with E-state index in [0.29, 0.717) is 19.7 Å². The van der Waals surface area contributed by atoms with Crippen LogP contribution in [0, 0.1) is 6.92 Å². The number of hydrogen-bond donors (Lipinski definition) is 0. The van der Waals surface area contributed by atoms with Crippen LogP contribution in [-0.4, -0.2) is 60.3 Å². The summed E-state index contributed by atoms with van der Waals surface area (Å²) in [6.07, 6.45) is 0.787. The number of amides is 1. The van der Waals surface area contributed by atoms with Crippen LogP contribution < -0.4 is 9.80 Å². The smallest absolute Gasteiger partial charge is 0.409 e. The third kappa shape index (κ3) is 3.88. The molecule has 0 radical (unpaired) electrons. The maximum Gasteiger partial charge on any atom is 0.409 e. The van der Waals surface area contributed by atoms with Gasteiger partial charge in [0.15, 0.2) is 0 Å². The van der Waals surface area contributed by atoms with Crippen molar-refractivity contribution >= 4 is 17.9 Å². The summed E-state index contributed by atoms with van der Waals surface area (Å²) in [5, 5.41) is 0. The van der Waals surface area contributed by atoms with Crippen molar-refractivity contribution in [3.05, 3.63) is 47.2 Å². The molecule has 3 heterocycles. The summed E-state index contributed by atoms with van der Waals surface area (Å²) in [5.74, 6) is 1.72. The number of anilines is 2. The molecule has 1 amide bonds. The van der Waals surface area contributed by atoms with Crippen molar-refractivity contribution in [2.24, 2.45) is 0 Å². The lowest BCUT2D eigenvalue weighted by Crippen LogP contribution is -2.49. The number of piperazine rings is 1. The van der Waals surface area contributed by atoms with Crippen LogP contribution in [0.4, 0.5) is 16.6 Å². The van der Waals surface area contributed by atoms with Crippen molar-refractivity contribution in [3.63, 3.8) is 0 Å². The Kier molecular flexibility index (Phi) is 5.32. The van der Waals surface area contributed by atoms with Crippen molar-refractivity contribution in [2.75, 3.05) is 49.1 Å². The fourth-order valence-corrected chi connectivity index (χ4v) is 3.84. The number of nitrogens with zero attached hydrogens (tertiary/aromatic N) is 5. The zero-order valence-electron chi connectivity index (χ0n) is 16.6. The van der Waals surface area contributed by atoms with E-state index in [1.807, 2.05) is 19.9 Å². The Morgan fingerprint density at radius 2 is 1.79 bits per heavy atom. The molecule has 0 saturated carbocycles. The van der Waals surface area contributed by atoms with Crippen LogP contribution in [0.1, 0.15) is 23.7 Å². The molecule has 0 unspecified atom stereocenters. The zero-order valence-corrected chi connectivity index (χ0v) is 16.6. The average Bonchev–Trinajstić information content (AvgIpc) is 2.73. The number of aromatic nitrogens is 2. The molecule has 2 aromatic rings. The normalized spacial score (nSPS) is 16.7. The van der Waals surface area contributed by atoms with Gasteiger partial charge in [-0.15, -0.1) is 0 Å². The molecule has 7 heteroatoms. The predicted octanol–water partition coefficient (Wildman–Crippen LogP) is 2.63. The zero-order chi connectivity index (χ0) is 19.5. The Morgan fingerprint density at radius 1 is 1.04 bits per heavy atom. The van der Waals surface area contributed by atoms with Crippen LogP contribution in [0.15, 0.2) is 30.3 Å². The molecule has 28 heavy (non-hydrogen) atoms. The second-order valence-electron chi connectivity index (χ2n) is 7.28. The molecule has 2 aliphatic rings. The third-order valence-corrected chi connectivity index (χ3v) is 5.37. The van der Waals surface area contributed by atoms with Gasteiger partial charge in [-0.05, 0) is 31.4 Å². The molecule has 0 spiro atoms. The molecular formula is C21H27N5O2. The maximum atomic E-state index is 11.9. The largest absolute Gasteiger partial charge is 0.450 e. The lowest BCUT2D eigenvalue weighted by molar-refractivity contribution is 0.105. The standard InChI is InChI=1S/C21H27N5O2/c1-3-28-21(27)25-12-10-24(11-13-25)19-14-16(2)22-20(23-19)26-9-8-17-6-4-5-7-18(17)15-26/h4-7,14H,3,8-13,15H2,1-2H3. The summed E-state index contributed by atoms with van der Waals surface area (Å²) in [6, 6.07) is 10.6. The highest BCUT2D eigenvalue weighted by molar-refractivity contribution is 5.68. The highest BCUT2D eigenvalue weighted by Gasteiger charge is 2.24. The Balaban J connectivity index is 1.47. The summed E-state index contributed by atoms with van der Waals surface area (Å²) in [6.45, 7) is 8.82. The van der Waals surface area contributed by atoms with Crippen molar-refractivity contribution in [3.8, 4) is 0 Å². The second kappa shape index (κ2) is 8.04. The fourth-order valence-electron chi connectivity index (χ4n) is 3.84. The molecule has 0 aliphatic carbocycles. The van der Waals surface area contributed by atoms with Crippen molar-refractivity contribution < 1.29 is 9.53 Å². The third-order valence-electron chi connectivity index (χ3n) is 5.37. The van der Waals surface area contributed by atoms with E-state index < -0.39 is 0 Å². The van der Waals surface area contributed by atoms with E-state index in [2.05, 4.69) is 34.1 Å². The Morgan fingerprint density at radius 3 is 2.54 bits per heavy atom. The topological polar surface area (TPSA) is 61.8 Å². The first-order valence-electron chi connectivity index (χ1n) is 9.98. The molecule has 1 aromatic carbocycles. The lowest BCUT2D eigenvalue weighted by Gasteiger charge is -2.35. The second-order valence-corrected chi connectivity index (χ2v) is 7.28. The first-order chi connectivity index (χ1) is 13.6.